The van der Waals surface area contributed by atoms with Crippen molar-refractivity contribution in [1.29, 1.82) is 0 Å². The van der Waals surface area contributed by atoms with Gasteiger partial charge < -0.3 is 11.1 Å². The standard InChI is InChI=1S/C57H68BN2/c1-35-29-39-32-47-44-18-14-15-22-49(44)57(9,10)50(47)33-40(34-60-51-26-25-41(31-36(51)2)56(7,8)28-27-55(4,5)6)52-42(20-16-21-45(52)48(30-35)53(39)58-11)37(3)54(59)46-19-13-12-17-43(46)38-23-24-38/h12-15,17-19,21-22,25-26,29-33,38,40,60H,16,20,23-24,27-28,34,59H2,1-11H3/b47-32?,50-33?,54-37-. The highest BCUT2D eigenvalue weighted by Crippen LogP contribution is 2.53. The molecule has 0 aromatic heterocycles. The fraction of sp³-hybridized carbons (Fsp3) is 0.404. The van der Waals surface area contributed by atoms with Gasteiger partial charge in [0.2, 0.25) is 0 Å². The van der Waals surface area contributed by atoms with Crippen LogP contribution in [0.2, 0.25) is 6.82 Å². The van der Waals surface area contributed by atoms with Gasteiger partial charge in [-0.2, -0.15) is 0 Å². The number of aryl methyl sites for hydroxylation is 2. The van der Waals surface area contributed by atoms with Gasteiger partial charge in [-0.3, -0.25) is 0 Å². The number of nitrogens with one attached hydrogen (secondary N) is 1. The van der Waals surface area contributed by atoms with Crippen molar-refractivity contribution in [3.8, 4) is 0 Å². The van der Waals surface area contributed by atoms with Crippen LogP contribution in [0.5, 0.6) is 0 Å². The Kier molecular flexibility index (Phi) is 11.1. The molecule has 4 aromatic rings. The predicted octanol–water partition coefficient (Wildman–Crippen LogP) is 14.0. The van der Waals surface area contributed by atoms with Crippen LogP contribution in [0.15, 0.2) is 113 Å². The molecular weight excluding hydrogens is 723 g/mol. The lowest BCUT2D eigenvalue weighted by Crippen LogP contribution is -2.27. The maximum absolute atomic E-state index is 7.42. The van der Waals surface area contributed by atoms with Crippen LogP contribution in [-0.4, -0.2) is 13.8 Å². The van der Waals surface area contributed by atoms with E-state index < -0.39 is 0 Å². The quantitative estimate of drug-likeness (QED) is 0.157. The Labute approximate surface area is 363 Å². The van der Waals surface area contributed by atoms with E-state index in [-0.39, 0.29) is 16.7 Å². The van der Waals surface area contributed by atoms with Gasteiger partial charge in [0.1, 0.15) is 7.28 Å². The van der Waals surface area contributed by atoms with Gasteiger partial charge in [-0.05, 0) is 166 Å². The van der Waals surface area contributed by atoms with E-state index in [9.17, 15) is 0 Å². The molecule has 1 unspecified atom stereocenters. The van der Waals surface area contributed by atoms with Crippen molar-refractivity contribution in [3.63, 3.8) is 0 Å². The molecule has 60 heavy (non-hydrogen) atoms. The molecule has 0 amide bonds. The normalized spacial score (nSPS) is 19.0. The van der Waals surface area contributed by atoms with Crippen LogP contribution in [-0.2, 0) is 10.8 Å². The number of nitrogens with two attached hydrogens (primary N) is 1. The molecule has 4 aromatic carbocycles. The summed E-state index contributed by atoms with van der Waals surface area (Å²) in [5, 5.41) is 4.08. The van der Waals surface area contributed by atoms with E-state index in [1.165, 1.54) is 114 Å². The molecule has 309 valence electrons. The molecule has 1 fully saturated rings. The molecule has 0 spiro atoms. The minimum Gasteiger partial charge on any atom is -0.398 e. The van der Waals surface area contributed by atoms with Crippen molar-refractivity contribution in [3.05, 3.63) is 163 Å². The molecule has 1 saturated carbocycles. The van der Waals surface area contributed by atoms with E-state index in [1.54, 1.807) is 0 Å². The number of hydrogen-bond donors (Lipinski definition) is 2. The van der Waals surface area contributed by atoms with Crippen molar-refractivity contribution < 1.29 is 0 Å². The van der Waals surface area contributed by atoms with Gasteiger partial charge in [-0.15, -0.1) is 0 Å². The van der Waals surface area contributed by atoms with Crippen LogP contribution >= 0.6 is 0 Å². The highest BCUT2D eigenvalue weighted by Gasteiger charge is 2.40. The SMILES string of the molecule is C[B]c1c2cc(C)cc1C1=CCCC(/C(C)=C(\N)c3ccccc3C3CC3)=C1C(CNc1ccc(C(C)(C)CCC(C)(C)C)cc1C)C=C1C(=C2)c2ccccc2C1(C)C. The fourth-order valence-corrected chi connectivity index (χ4v) is 10.5. The molecule has 3 heteroatoms. The highest BCUT2D eigenvalue weighted by molar-refractivity contribution is 6.54. The van der Waals surface area contributed by atoms with Gasteiger partial charge in [0.25, 0.3) is 0 Å². The van der Waals surface area contributed by atoms with Gasteiger partial charge in [-0.25, -0.2) is 0 Å². The Bertz CT molecular complexity index is 2500. The minimum absolute atomic E-state index is 0.0639. The summed E-state index contributed by atoms with van der Waals surface area (Å²) in [4.78, 5) is 0. The number of rotatable bonds is 10. The zero-order valence-corrected chi connectivity index (χ0v) is 38.5. The molecule has 3 N–H and O–H groups in total. The van der Waals surface area contributed by atoms with E-state index >= 15 is 0 Å². The van der Waals surface area contributed by atoms with Crippen LogP contribution in [0.25, 0.3) is 22.9 Å². The second kappa shape index (κ2) is 15.9. The molecule has 2 bridgehead atoms. The zero-order chi connectivity index (χ0) is 42.7. The van der Waals surface area contributed by atoms with E-state index in [4.69, 9.17) is 5.73 Å². The van der Waals surface area contributed by atoms with Crippen molar-refractivity contribution in [2.75, 3.05) is 11.9 Å². The summed E-state index contributed by atoms with van der Waals surface area (Å²) in [6, 6.07) is 30.0. The third kappa shape index (κ3) is 7.95. The van der Waals surface area contributed by atoms with Crippen LogP contribution in [0, 0.1) is 25.2 Å². The molecule has 8 rings (SSSR count). The fourth-order valence-electron chi connectivity index (χ4n) is 10.5. The maximum atomic E-state index is 7.42. The number of fused-ring (bicyclic) bond motifs is 7. The summed E-state index contributed by atoms with van der Waals surface area (Å²) in [7, 11) is 2.34. The van der Waals surface area contributed by atoms with Crippen molar-refractivity contribution >= 4 is 41.3 Å². The lowest BCUT2D eigenvalue weighted by Gasteiger charge is -2.33. The molecule has 1 atom stereocenters. The van der Waals surface area contributed by atoms with Crippen LogP contribution in [0.4, 0.5) is 5.69 Å². The first kappa shape index (κ1) is 42.0. The highest BCUT2D eigenvalue weighted by atomic mass is 14.9. The first-order valence-electron chi connectivity index (χ1n) is 22.8. The summed E-state index contributed by atoms with van der Waals surface area (Å²) < 4.78 is 0. The molecule has 0 aliphatic heterocycles. The van der Waals surface area contributed by atoms with Crippen molar-refractivity contribution in [2.24, 2.45) is 17.1 Å². The third-order valence-electron chi connectivity index (χ3n) is 14.3. The lowest BCUT2D eigenvalue weighted by atomic mass is 9.64. The van der Waals surface area contributed by atoms with E-state index in [1.807, 2.05) is 0 Å². The molecule has 4 aliphatic rings. The van der Waals surface area contributed by atoms with Gasteiger partial charge in [0.15, 0.2) is 0 Å². The Hall–Kier alpha value is -4.76. The molecular formula is C57H68BN2. The monoisotopic (exact) mass is 792 g/mol. The van der Waals surface area contributed by atoms with Gasteiger partial charge >= 0.3 is 0 Å². The van der Waals surface area contributed by atoms with Gasteiger partial charge in [-0.1, -0.05) is 146 Å². The summed E-state index contributed by atoms with van der Waals surface area (Å²) >= 11 is 0. The van der Waals surface area contributed by atoms with Crippen LogP contribution in [0.1, 0.15) is 150 Å². The van der Waals surface area contributed by atoms with Gasteiger partial charge in [0, 0.05) is 34.8 Å². The Morgan fingerprint density at radius 1 is 0.867 bits per heavy atom. The molecule has 2 nitrogen and oxygen atoms in total. The van der Waals surface area contributed by atoms with E-state index in [2.05, 4.69) is 186 Å². The Balaban J connectivity index is 1.33. The molecule has 1 radical (unpaired) electrons. The third-order valence-corrected chi connectivity index (χ3v) is 14.3. The van der Waals surface area contributed by atoms with Crippen molar-refractivity contribution in [2.45, 2.75) is 131 Å². The topological polar surface area (TPSA) is 38.0 Å². The average Bonchev–Trinajstić information content (AvgIpc) is 4.04. The Morgan fingerprint density at radius 2 is 1.60 bits per heavy atom. The second-order valence-electron chi connectivity index (χ2n) is 20.8. The molecule has 0 saturated heterocycles. The Morgan fingerprint density at radius 3 is 2.32 bits per heavy atom. The van der Waals surface area contributed by atoms with Crippen LogP contribution < -0.4 is 16.5 Å². The van der Waals surface area contributed by atoms with Gasteiger partial charge in [0.05, 0.1) is 0 Å². The molecule has 0 heterocycles. The number of hydrogen-bond acceptors (Lipinski definition) is 2. The van der Waals surface area contributed by atoms with Crippen molar-refractivity contribution in [1.82, 2.24) is 0 Å². The first-order valence-corrected chi connectivity index (χ1v) is 22.8. The number of anilines is 1. The summed E-state index contributed by atoms with van der Waals surface area (Å²) in [5.41, 5.74) is 31.2. The summed E-state index contributed by atoms with van der Waals surface area (Å²) in [6.07, 6.45) is 14.5. The predicted molar refractivity (Wildman–Crippen MR) is 262 cm³/mol. The summed E-state index contributed by atoms with van der Waals surface area (Å²) in [5.74, 6) is 0.680. The second-order valence-corrected chi connectivity index (χ2v) is 20.8. The maximum Gasteiger partial charge on any atom is 0.149 e. The molecule has 4 aliphatic carbocycles. The smallest absolute Gasteiger partial charge is 0.149 e. The number of benzene rings is 4. The first-order chi connectivity index (χ1) is 28.5. The average molecular weight is 792 g/mol. The minimum atomic E-state index is -0.175. The zero-order valence-electron chi connectivity index (χ0n) is 38.5. The van der Waals surface area contributed by atoms with E-state index in [0.717, 1.165) is 31.5 Å². The van der Waals surface area contributed by atoms with Crippen LogP contribution in [0.3, 0.4) is 0 Å². The summed E-state index contributed by atoms with van der Waals surface area (Å²) in [6.45, 7) is 26.6. The van der Waals surface area contributed by atoms with E-state index in [0.29, 0.717) is 11.3 Å². The largest absolute Gasteiger partial charge is 0.398 e. The lowest BCUT2D eigenvalue weighted by molar-refractivity contribution is 0.315. The number of allylic oxidation sites excluding steroid dienone is 6.